The monoisotopic (exact) mass is 280 g/mol. The maximum atomic E-state index is 13.0. The van der Waals surface area contributed by atoms with E-state index in [2.05, 4.69) is 19.2 Å². The summed E-state index contributed by atoms with van der Waals surface area (Å²) in [4.78, 5) is 27.5. The summed E-state index contributed by atoms with van der Waals surface area (Å²) in [6.07, 6.45) is 5.74. The quantitative estimate of drug-likeness (QED) is 0.863. The van der Waals surface area contributed by atoms with Crippen molar-refractivity contribution >= 4 is 11.8 Å². The Balaban J connectivity index is 2.33. The molecule has 20 heavy (non-hydrogen) atoms. The van der Waals surface area contributed by atoms with Gasteiger partial charge < -0.3 is 10.2 Å². The van der Waals surface area contributed by atoms with E-state index in [0.29, 0.717) is 0 Å². The smallest absolute Gasteiger partial charge is 0.249 e. The molecular formula is C16H28N2O2. The van der Waals surface area contributed by atoms with Crippen molar-refractivity contribution in [2.45, 2.75) is 83.8 Å². The molecule has 2 aliphatic rings. The van der Waals surface area contributed by atoms with Gasteiger partial charge in [-0.1, -0.05) is 39.5 Å². The zero-order chi connectivity index (χ0) is 14.9. The van der Waals surface area contributed by atoms with E-state index in [9.17, 15) is 9.59 Å². The number of hydrogen-bond donors (Lipinski definition) is 1. The van der Waals surface area contributed by atoms with Crippen LogP contribution >= 0.6 is 0 Å². The van der Waals surface area contributed by atoms with Crippen molar-refractivity contribution < 1.29 is 9.59 Å². The second kappa shape index (κ2) is 5.74. The fourth-order valence-electron chi connectivity index (χ4n) is 3.67. The lowest BCUT2D eigenvalue weighted by molar-refractivity contribution is -0.161. The Bertz CT molecular complexity index is 386. The second-order valence-electron chi connectivity index (χ2n) is 6.77. The van der Waals surface area contributed by atoms with E-state index in [1.54, 1.807) is 0 Å². The first-order valence-electron chi connectivity index (χ1n) is 8.07. The summed E-state index contributed by atoms with van der Waals surface area (Å²) < 4.78 is 0. The van der Waals surface area contributed by atoms with E-state index < -0.39 is 5.54 Å². The normalized spacial score (nSPS) is 27.9. The molecule has 1 aliphatic heterocycles. The Morgan fingerprint density at radius 1 is 1.20 bits per heavy atom. The SMILES string of the molecule is CCC(C)C1C(=O)NC2(CCCCC2)C(=O)N1C(C)C. The van der Waals surface area contributed by atoms with E-state index in [-0.39, 0.29) is 29.8 Å². The number of nitrogens with one attached hydrogen (secondary N) is 1. The molecule has 1 saturated heterocycles. The van der Waals surface area contributed by atoms with E-state index in [0.717, 1.165) is 32.1 Å². The van der Waals surface area contributed by atoms with Crippen LogP contribution in [0.3, 0.4) is 0 Å². The molecule has 1 aliphatic carbocycles. The lowest BCUT2D eigenvalue weighted by atomic mass is 9.77. The fraction of sp³-hybridized carbons (Fsp3) is 0.875. The van der Waals surface area contributed by atoms with Crippen molar-refractivity contribution in [3.8, 4) is 0 Å². The molecule has 0 aromatic carbocycles. The summed E-state index contributed by atoms with van der Waals surface area (Å²) in [5.74, 6) is 0.397. The molecule has 1 N–H and O–H groups in total. The summed E-state index contributed by atoms with van der Waals surface area (Å²) in [6, 6.07) is -0.230. The Kier molecular flexibility index (Phi) is 4.40. The van der Waals surface area contributed by atoms with E-state index in [1.807, 2.05) is 18.7 Å². The lowest BCUT2D eigenvalue weighted by Crippen LogP contribution is -2.73. The minimum Gasteiger partial charge on any atom is -0.340 e. The standard InChI is InChI=1S/C16H28N2O2/c1-5-12(4)13-14(19)17-16(9-7-6-8-10-16)15(20)18(13)11(2)3/h11-13H,5-10H2,1-4H3,(H,17,19). The number of hydrogen-bond acceptors (Lipinski definition) is 2. The van der Waals surface area contributed by atoms with Crippen molar-refractivity contribution in [3.63, 3.8) is 0 Å². The molecule has 1 saturated carbocycles. The van der Waals surface area contributed by atoms with Gasteiger partial charge in [0, 0.05) is 6.04 Å². The molecule has 2 rings (SSSR count). The highest BCUT2D eigenvalue weighted by atomic mass is 16.2. The maximum absolute atomic E-state index is 13.0. The topological polar surface area (TPSA) is 49.4 Å². The van der Waals surface area contributed by atoms with Gasteiger partial charge in [0.05, 0.1) is 0 Å². The zero-order valence-corrected chi connectivity index (χ0v) is 13.2. The molecule has 1 spiro atoms. The summed E-state index contributed by atoms with van der Waals surface area (Å²) >= 11 is 0. The third kappa shape index (κ3) is 2.45. The molecule has 4 nitrogen and oxygen atoms in total. The number of carbonyl (C=O) groups excluding carboxylic acids is 2. The number of piperazine rings is 1. The number of amides is 2. The first kappa shape index (κ1) is 15.3. The van der Waals surface area contributed by atoms with Crippen LogP contribution in [0.15, 0.2) is 0 Å². The summed E-state index contributed by atoms with van der Waals surface area (Å²) in [7, 11) is 0. The van der Waals surface area contributed by atoms with Crippen molar-refractivity contribution in [1.29, 1.82) is 0 Å². The van der Waals surface area contributed by atoms with Crippen molar-refractivity contribution in [2.75, 3.05) is 0 Å². The van der Waals surface area contributed by atoms with Crippen LogP contribution < -0.4 is 5.32 Å². The van der Waals surface area contributed by atoms with Gasteiger partial charge in [0.25, 0.3) is 0 Å². The minimum absolute atomic E-state index is 0.0505. The Hall–Kier alpha value is -1.06. The zero-order valence-electron chi connectivity index (χ0n) is 13.2. The summed E-state index contributed by atoms with van der Waals surface area (Å²) in [6.45, 7) is 8.17. The van der Waals surface area contributed by atoms with Gasteiger partial charge >= 0.3 is 0 Å². The first-order chi connectivity index (χ1) is 9.43. The van der Waals surface area contributed by atoms with Crippen LogP contribution in [0.2, 0.25) is 0 Å². The highest BCUT2D eigenvalue weighted by molar-refractivity contribution is 6.00. The van der Waals surface area contributed by atoms with E-state index in [4.69, 9.17) is 0 Å². The average molecular weight is 280 g/mol. The van der Waals surface area contributed by atoms with Gasteiger partial charge in [0.1, 0.15) is 11.6 Å². The van der Waals surface area contributed by atoms with Crippen molar-refractivity contribution in [3.05, 3.63) is 0 Å². The molecule has 0 radical (unpaired) electrons. The molecule has 2 unspecified atom stereocenters. The van der Waals surface area contributed by atoms with Crippen LogP contribution in [0.1, 0.15) is 66.2 Å². The predicted octanol–water partition coefficient (Wildman–Crippen LogP) is 2.47. The van der Waals surface area contributed by atoms with Gasteiger partial charge in [0.2, 0.25) is 11.8 Å². The molecule has 2 atom stereocenters. The summed E-state index contributed by atoms with van der Waals surface area (Å²) in [5, 5.41) is 3.10. The van der Waals surface area contributed by atoms with Crippen molar-refractivity contribution in [2.24, 2.45) is 5.92 Å². The molecule has 4 heteroatoms. The number of rotatable bonds is 3. The average Bonchev–Trinajstić information content (AvgIpc) is 2.42. The molecule has 0 bridgehead atoms. The Morgan fingerprint density at radius 3 is 2.30 bits per heavy atom. The Morgan fingerprint density at radius 2 is 1.80 bits per heavy atom. The van der Waals surface area contributed by atoms with E-state index >= 15 is 0 Å². The van der Waals surface area contributed by atoms with Gasteiger partial charge in [-0.15, -0.1) is 0 Å². The van der Waals surface area contributed by atoms with Crippen LogP contribution in [-0.4, -0.2) is 34.3 Å². The van der Waals surface area contributed by atoms with E-state index in [1.165, 1.54) is 6.42 Å². The second-order valence-corrected chi connectivity index (χ2v) is 6.77. The van der Waals surface area contributed by atoms with Crippen molar-refractivity contribution in [1.82, 2.24) is 10.2 Å². The van der Waals surface area contributed by atoms with Crippen LogP contribution in [-0.2, 0) is 9.59 Å². The third-order valence-corrected chi connectivity index (χ3v) is 5.02. The highest BCUT2D eigenvalue weighted by Gasteiger charge is 2.52. The van der Waals surface area contributed by atoms with Gasteiger partial charge in [-0.05, 0) is 32.6 Å². The first-order valence-corrected chi connectivity index (χ1v) is 8.07. The molecule has 2 amide bonds. The van der Waals surface area contributed by atoms with Crippen LogP contribution in [0.25, 0.3) is 0 Å². The number of nitrogens with zero attached hydrogens (tertiary/aromatic N) is 1. The fourth-order valence-corrected chi connectivity index (χ4v) is 3.67. The maximum Gasteiger partial charge on any atom is 0.249 e. The lowest BCUT2D eigenvalue weighted by Gasteiger charge is -2.50. The molecule has 0 aromatic rings. The van der Waals surface area contributed by atoms with Crippen LogP contribution in [0.4, 0.5) is 0 Å². The third-order valence-electron chi connectivity index (χ3n) is 5.02. The molecule has 1 heterocycles. The van der Waals surface area contributed by atoms with Crippen LogP contribution in [0, 0.1) is 5.92 Å². The van der Waals surface area contributed by atoms with Gasteiger partial charge in [-0.25, -0.2) is 0 Å². The van der Waals surface area contributed by atoms with Gasteiger partial charge in [-0.2, -0.15) is 0 Å². The summed E-state index contributed by atoms with van der Waals surface area (Å²) in [5.41, 5.74) is -0.608. The largest absolute Gasteiger partial charge is 0.340 e. The minimum atomic E-state index is -0.608. The Labute approximate surface area is 122 Å². The van der Waals surface area contributed by atoms with Crippen LogP contribution in [0.5, 0.6) is 0 Å². The van der Waals surface area contributed by atoms with Gasteiger partial charge in [-0.3, -0.25) is 9.59 Å². The number of carbonyl (C=O) groups is 2. The molecule has 114 valence electrons. The molecular weight excluding hydrogens is 252 g/mol. The molecule has 2 fully saturated rings. The highest BCUT2D eigenvalue weighted by Crippen LogP contribution is 2.35. The molecule has 0 aromatic heterocycles. The predicted molar refractivity (Wildman–Crippen MR) is 79.2 cm³/mol. The van der Waals surface area contributed by atoms with Gasteiger partial charge in [0.15, 0.2) is 0 Å².